The number of methoxy groups -OCH3 is 1. The van der Waals surface area contributed by atoms with Gasteiger partial charge >= 0.3 is 0 Å². The standard InChI is InChI=1S/C13H12Br3NOS/c1-17-12(11-6-9(15)13(16)19-11)7-3-4-10(18-2)8(14)5-7/h3-6,12,17H,1-2H3. The Morgan fingerprint density at radius 3 is 2.37 bits per heavy atom. The van der Waals surface area contributed by atoms with Crippen molar-refractivity contribution in [3.8, 4) is 5.75 Å². The van der Waals surface area contributed by atoms with Crippen molar-refractivity contribution in [2.24, 2.45) is 0 Å². The number of halogens is 3. The molecule has 0 amide bonds. The second-order valence-electron chi connectivity index (χ2n) is 3.89. The van der Waals surface area contributed by atoms with Gasteiger partial charge in [-0.15, -0.1) is 11.3 Å². The van der Waals surface area contributed by atoms with E-state index in [0.717, 1.165) is 18.5 Å². The maximum Gasteiger partial charge on any atom is 0.133 e. The number of benzene rings is 1. The molecule has 1 aromatic heterocycles. The Hall–Kier alpha value is 0.120. The molecular weight excluding hydrogens is 458 g/mol. The molecule has 0 radical (unpaired) electrons. The molecule has 0 aliphatic heterocycles. The van der Waals surface area contributed by atoms with Gasteiger partial charge in [-0.25, -0.2) is 0 Å². The summed E-state index contributed by atoms with van der Waals surface area (Å²) in [5.41, 5.74) is 1.19. The van der Waals surface area contributed by atoms with E-state index < -0.39 is 0 Å². The van der Waals surface area contributed by atoms with E-state index in [4.69, 9.17) is 4.74 Å². The average Bonchev–Trinajstić information content (AvgIpc) is 2.70. The van der Waals surface area contributed by atoms with E-state index in [2.05, 4.69) is 71.3 Å². The molecule has 0 fully saturated rings. The molecule has 6 heteroatoms. The van der Waals surface area contributed by atoms with Crippen molar-refractivity contribution in [2.45, 2.75) is 6.04 Å². The fourth-order valence-corrected chi connectivity index (χ4v) is 4.63. The van der Waals surface area contributed by atoms with E-state index >= 15 is 0 Å². The molecule has 2 nitrogen and oxygen atoms in total. The molecule has 0 saturated heterocycles. The van der Waals surface area contributed by atoms with Crippen molar-refractivity contribution in [3.63, 3.8) is 0 Å². The van der Waals surface area contributed by atoms with Crippen molar-refractivity contribution in [1.29, 1.82) is 0 Å². The fourth-order valence-electron chi connectivity index (χ4n) is 1.84. The lowest BCUT2D eigenvalue weighted by molar-refractivity contribution is 0.412. The maximum absolute atomic E-state index is 5.26. The van der Waals surface area contributed by atoms with Crippen LogP contribution in [0.3, 0.4) is 0 Å². The molecule has 1 heterocycles. The van der Waals surface area contributed by atoms with Crippen LogP contribution in [0.1, 0.15) is 16.5 Å². The molecule has 1 unspecified atom stereocenters. The Balaban J connectivity index is 2.39. The Morgan fingerprint density at radius 1 is 1.16 bits per heavy atom. The lowest BCUT2D eigenvalue weighted by Gasteiger charge is -2.16. The summed E-state index contributed by atoms with van der Waals surface area (Å²) in [5.74, 6) is 0.840. The summed E-state index contributed by atoms with van der Waals surface area (Å²) in [7, 11) is 3.63. The molecule has 2 rings (SSSR count). The van der Waals surface area contributed by atoms with Gasteiger partial charge in [0, 0.05) is 9.35 Å². The first-order chi connectivity index (χ1) is 9.06. The molecule has 1 aromatic carbocycles. The van der Waals surface area contributed by atoms with Gasteiger partial charge in [0.2, 0.25) is 0 Å². The van der Waals surface area contributed by atoms with Gasteiger partial charge in [0.25, 0.3) is 0 Å². The zero-order chi connectivity index (χ0) is 14.0. The number of thiophene rings is 1. The molecule has 0 aliphatic carbocycles. The van der Waals surface area contributed by atoms with Gasteiger partial charge in [-0.1, -0.05) is 6.07 Å². The summed E-state index contributed by atoms with van der Waals surface area (Å²) in [5, 5.41) is 3.35. The number of nitrogens with one attached hydrogen (secondary N) is 1. The third kappa shape index (κ3) is 3.42. The number of ether oxygens (including phenoxy) is 1. The van der Waals surface area contributed by atoms with E-state index in [1.54, 1.807) is 18.4 Å². The van der Waals surface area contributed by atoms with Crippen molar-refractivity contribution in [2.75, 3.05) is 14.2 Å². The van der Waals surface area contributed by atoms with Crippen LogP contribution in [0.5, 0.6) is 5.75 Å². The van der Waals surface area contributed by atoms with Crippen molar-refractivity contribution < 1.29 is 4.74 Å². The minimum Gasteiger partial charge on any atom is -0.496 e. The van der Waals surface area contributed by atoms with Crippen LogP contribution in [0.4, 0.5) is 0 Å². The summed E-state index contributed by atoms with van der Waals surface area (Å²) >= 11 is 12.3. The molecule has 0 spiro atoms. The first kappa shape index (κ1) is 15.5. The highest BCUT2D eigenvalue weighted by molar-refractivity contribution is 9.13. The highest BCUT2D eigenvalue weighted by atomic mass is 79.9. The largest absolute Gasteiger partial charge is 0.496 e. The van der Waals surface area contributed by atoms with Gasteiger partial charge in [0.1, 0.15) is 5.75 Å². The van der Waals surface area contributed by atoms with Gasteiger partial charge in [-0.3, -0.25) is 0 Å². The van der Waals surface area contributed by atoms with E-state index in [-0.39, 0.29) is 6.04 Å². The predicted octanol–water partition coefficient (Wildman–Crippen LogP) is 5.35. The third-order valence-corrected chi connectivity index (χ3v) is 6.69. The fraction of sp³-hybridized carbons (Fsp3) is 0.231. The molecule has 2 aromatic rings. The third-order valence-electron chi connectivity index (χ3n) is 2.75. The normalized spacial score (nSPS) is 12.5. The van der Waals surface area contributed by atoms with Crippen LogP contribution in [-0.2, 0) is 0 Å². The zero-order valence-corrected chi connectivity index (χ0v) is 15.9. The molecular formula is C13H12Br3NOS. The highest BCUT2D eigenvalue weighted by Crippen LogP contribution is 2.38. The van der Waals surface area contributed by atoms with Crippen LogP contribution in [0, 0.1) is 0 Å². The van der Waals surface area contributed by atoms with E-state index in [0.29, 0.717) is 0 Å². The number of rotatable bonds is 4. The Kier molecular flexibility index (Phi) is 5.48. The second kappa shape index (κ2) is 6.72. The van der Waals surface area contributed by atoms with E-state index in [1.807, 2.05) is 13.1 Å². The average molecular weight is 470 g/mol. The number of hydrogen-bond acceptors (Lipinski definition) is 3. The predicted molar refractivity (Wildman–Crippen MR) is 91.3 cm³/mol. The molecule has 0 bridgehead atoms. The molecule has 0 aliphatic rings. The summed E-state index contributed by atoms with van der Waals surface area (Å²) in [6.07, 6.45) is 0. The minimum atomic E-state index is 0.162. The van der Waals surface area contributed by atoms with Crippen molar-refractivity contribution in [3.05, 3.63) is 47.4 Å². The van der Waals surface area contributed by atoms with Crippen LogP contribution >= 0.6 is 59.1 Å². The van der Waals surface area contributed by atoms with Gasteiger partial charge in [0.15, 0.2) is 0 Å². The van der Waals surface area contributed by atoms with Gasteiger partial charge < -0.3 is 10.1 Å². The first-order valence-electron chi connectivity index (χ1n) is 5.52. The van der Waals surface area contributed by atoms with E-state index in [9.17, 15) is 0 Å². The quantitative estimate of drug-likeness (QED) is 0.651. The van der Waals surface area contributed by atoms with Crippen LogP contribution < -0.4 is 10.1 Å². The Labute approximate surface area is 141 Å². The molecule has 1 N–H and O–H groups in total. The van der Waals surface area contributed by atoms with Gasteiger partial charge in [-0.2, -0.15) is 0 Å². The minimum absolute atomic E-state index is 0.162. The van der Waals surface area contributed by atoms with Crippen LogP contribution in [0.25, 0.3) is 0 Å². The summed E-state index contributed by atoms with van der Waals surface area (Å²) < 4.78 is 8.41. The summed E-state index contributed by atoms with van der Waals surface area (Å²) in [6.45, 7) is 0. The lowest BCUT2D eigenvalue weighted by atomic mass is 10.1. The second-order valence-corrected chi connectivity index (χ2v) is 8.00. The Bertz CT molecular complexity index is 566. The zero-order valence-electron chi connectivity index (χ0n) is 10.3. The SMILES string of the molecule is CNC(c1ccc(OC)c(Br)c1)c1cc(Br)c(Br)s1. The van der Waals surface area contributed by atoms with Crippen molar-refractivity contribution >= 4 is 59.1 Å². The van der Waals surface area contributed by atoms with Gasteiger partial charge in [-0.05, 0) is 78.6 Å². The number of hydrogen-bond donors (Lipinski definition) is 1. The first-order valence-corrected chi connectivity index (χ1v) is 8.71. The lowest BCUT2D eigenvalue weighted by Crippen LogP contribution is -2.16. The molecule has 0 saturated carbocycles. The van der Waals surface area contributed by atoms with Crippen LogP contribution in [0.15, 0.2) is 37.0 Å². The maximum atomic E-state index is 5.26. The molecule has 1 atom stereocenters. The van der Waals surface area contributed by atoms with Gasteiger partial charge in [0.05, 0.1) is 21.4 Å². The molecule has 102 valence electrons. The van der Waals surface area contributed by atoms with Crippen LogP contribution in [-0.4, -0.2) is 14.2 Å². The monoisotopic (exact) mass is 467 g/mol. The highest BCUT2D eigenvalue weighted by Gasteiger charge is 2.17. The summed E-state index contributed by atoms with van der Waals surface area (Å²) in [6, 6.07) is 8.43. The summed E-state index contributed by atoms with van der Waals surface area (Å²) in [4.78, 5) is 1.25. The van der Waals surface area contributed by atoms with Crippen LogP contribution in [0.2, 0.25) is 0 Å². The topological polar surface area (TPSA) is 21.3 Å². The Morgan fingerprint density at radius 2 is 1.89 bits per heavy atom. The van der Waals surface area contributed by atoms with E-state index in [1.165, 1.54) is 10.4 Å². The van der Waals surface area contributed by atoms with Crippen molar-refractivity contribution in [1.82, 2.24) is 5.32 Å². The molecule has 19 heavy (non-hydrogen) atoms. The smallest absolute Gasteiger partial charge is 0.133 e.